The molecule has 0 aromatic heterocycles. The van der Waals surface area contributed by atoms with E-state index in [0.717, 1.165) is 0 Å². The monoisotopic (exact) mass is 232 g/mol. The molecule has 1 aliphatic heterocycles. The van der Waals surface area contributed by atoms with Crippen LogP contribution in [0, 0.1) is 11.3 Å². The van der Waals surface area contributed by atoms with Gasteiger partial charge in [-0.3, -0.25) is 0 Å². The third-order valence-electron chi connectivity index (χ3n) is 2.74. The maximum Gasteiger partial charge on any atom is 0.335 e. The predicted molar refractivity (Wildman–Crippen MR) is 61.1 cm³/mol. The van der Waals surface area contributed by atoms with Gasteiger partial charge >= 0.3 is 5.97 Å². The normalized spacial score (nSPS) is 21.6. The van der Waals surface area contributed by atoms with Gasteiger partial charge in [0.2, 0.25) is 0 Å². The Morgan fingerprint density at radius 3 is 3.06 bits per heavy atom. The first-order valence-corrected chi connectivity index (χ1v) is 5.29. The number of benzene rings is 1. The van der Waals surface area contributed by atoms with Crippen molar-refractivity contribution >= 4 is 11.7 Å². The molecule has 2 rings (SSSR count). The maximum atomic E-state index is 10.8. The van der Waals surface area contributed by atoms with Gasteiger partial charge in [-0.1, -0.05) is 0 Å². The largest absolute Gasteiger partial charge is 0.485 e. The number of nitrogens with one attached hydrogen (secondary N) is 1. The van der Waals surface area contributed by atoms with Gasteiger partial charge in [-0.25, -0.2) is 4.79 Å². The molecular formula is C12H12N2O3. The first kappa shape index (κ1) is 11.3. The number of carboxylic acids is 1. The fourth-order valence-corrected chi connectivity index (χ4v) is 1.79. The van der Waals surface area contributed by atoms with Gasteiger partial charge in [0.25, 0.3) is 0 Å². The molecule has 1 aromatic carbocycles. The average Bonchev–Trinajstić information content (AvgIpc) is 2.29. The zero-order valence-corrected chi connectivity index (χ0v) is 9.30. The van der Waals surface area contributed by atoms with Crippen LogP contribution in [0.15, 0.2) is 18.2 Å². The molecule has 5 heteroatoms. The smallest absolute Gasteiger partial charge is 0.335 e. The number of carbonyl (C=O) groups is 1. The molecular weight excluding hydrogens is 220 g/mol. The van der Waals surface area contributed by atoms with Crippen molar-refractivity contribution in [3.05, 3.63) is 23.8 Å². The topological polar surface area (TPSA) is 82.3 Å². The fraction of sp³-hybridized carbons (Fsp3) is 0.333. The van der Waals surface area contributed by atoms with Gasteiger partial charge in [0, 0.05) is 0 Å². The Hall–Kier alpha value is -2.22. The van der Waals surface area contributed by atoms with Gasteiger partial charge in [-0.2, -0.15) is 5.26 Å². The van der Waals surface area contributed by atoms with Crippen molar-refractivity contribution in [2.45, 2.75) is 25.5 Å². The van der Waals surface area contributed by atoms with Gasteiger partial charge < -0.3 is 15.2 Å². The summed E-state index contributed by atoms with van der Waals surface area (Å²) in [7, 11) is 0. The molecule has 0 aliphatic carbocycles. The van der Waals surface area contributed by atoms with Crippen molar-refractivity contribution in [3.63, 3.8) is 0 Å². The number of carboxylic acid groups (broad SMARTS) is 1. The van der Waals surface area contributed by atoms with Crippen molar-refractivity contribution in [1.29, 1.82) is 5.26 Å². The maximum absolute atomic E-state index is 10.8. The molecule has 2 atom stereocenters. The molecule has 2 N–H and O–H groups in total. The first-order valence-electron chi connectivity index (χ1n) is 5.29. The summed E-state index contributed by atoms with van der Waals surface area (Å²) in [6, 6.07) is 6.69. The number of anilines is 1. The van der Waals surface area contributed by atoms with Crippen molar-refractivity contribution in [2.24, 2.45) is 0 Å². The van der Waals surface area contributed by atoms with E-state index in [2.05, 4.69) is 11.4 Å². The van der Waals surface area contributed by atoms with E-state index in [4.69, 9.17) is 15.1 Å². The second kappa shape index (κ2) is 4.34. The van der Waals surface area contributed by atoms with Crippen molar-refractivity contribution in [2.75, 3.05) is 5.32 Å². The Morgan fingerprint density at radius 2 is 2.41 bits per heavy atom. The van der Waals surface area contributed by atoms with Crippen LogP contribution in [0.2, 0.25) is 0 Å². The third-order valence-corrected chi connectivity index (χ3v) is 2.74. The summed E-state index contributed by atoms with van der Waals surface area (Å²) in [5.74, 6) is -0.380. The molecule has 0 fully saturated rings. The minimum atomic E-state index is -0.971. The number of ether oxygens (including phenoxy) is 1. The molecule has 0 bridgehead atoms. The van der Waals surface area contributed by atoms with Crippen LogP contribution in [0.1, 0.15) is 23.7 Å². The first-order chi connectivity index (χ1) is 8.11. The third kappa shape index (κ3) is 2.16. The molecule has 2 unspecified atom stereocenters. The molecule has 1 aromatic rings. The minimum absolute atomic E-state index is 0.0220. The van der Waals surface area contributed by atoms with Crippen LogP contribution in [-0.4, -0.2) is 23.2 Å². The highest BCUT2D eigenvalue weighted by Crippen LogP contribution is 2.32. The lowest BCUT2D eigenvalue weighted by Crippen LogP contribution is -2.39. The molecule has 1 aliphatic rings. The molecule has 0 radical (unpaired) electrons. The molecule has 88 valence electrons. The summed E-state index contributed by atoms with van der Waals surface area (Å²) in [5, 5.41) is 20.7. The molecule has 1 heterocycles. The van der Waals surface area contributed by atoms with Gasteiger partial charge in [0.05, 0.1) is 29.8 Å². The van der Waals surface area contributed by atoms with Gasteiger partial charge in [0.15, 0.2) is 0 Å². The molecule has 5 nitrogen and oxygen atoms in total. The Kier molecular flexibility index (Phi) is 2.88. The van der Waals surface area contributed by atoms with Crippen LogP contribution >= 0.6 is 0 Å². The SMILES string of the molecule is CC1Nc2cc(C(=O)O)ccc2OC1CC#N. The summed E-state index contributed by atoms with van der Waals surface area (Å²) < 4.78 is 5.64. The number of hydrogen-bond acceptors (Lipinski definition) is 4. The lowest BCUT2D eigenvalue weighted by Gasteiger charge is -2.31. The standard InChI is InChI=1S/C12H12N2O3/c1-7-10(4-5-13)17-11-3-2-8(12(15)16)6-9(11)14-7/h2-3,6-7,10,14H,4H2,1H3,(H,15,16). The second-order valence-electron chi connectivity index (χ2n) is 3.97. The zero-order valence-electron chi connectivity index (χ0n) is 9.30. The number of rotatable bonds is 2. The van der Waals surface area contributed by atoms with Crippen molar-refractivity contribution < 1.29 is 14.6 Å². The van der Waals surface area contributed by atoms with E-state index >= 15 is 0 Å². The Labute approximate surface area is 98.6 Å². The number of hydrogen-bond donors (Lipinski definition) is 2. The summed E-state index contributed by atoms with van der Waals surface area (Å²) in [5.41, 5.74) is 0.873. The van der Waals surface area contributed by atoms with E-state index < -0.39 is 5.97 Å². The summed E-state index contributed by atoms with van der Waals surface area (Å²) in [6.45, 7) is 1.90. The number of nitrogens with zero attached hydrogens (tertiary/aromatic N) is 1. The van der Waals surface area contributed by atoms with Crippen LogP contribution < -0.4 is 10.1 Å². The van der Waals surface area contributed by atoms with Crippen LogP contribution in [-0.2, 0) is 0 Å². The molecule has 0 saturated heterocycles. The Morgan fingerprint density at radius 1 is 1.65 bits per heavy atom. The molecule has 0 spiro atoms. The number of nitriles is 1. The van der Waals surface area contributed by atoms with Gasteiger partial charge in [0.1, 0.15) is 11.9 Å². The number of fused-ring (bicyclic) bond motifs is 1. The van der Waals surface area contributed by atoms with Crippen LogP contribution in [0.5, 0.6) is 5.75 Å². The van der Waals surface area contributed by atoms with E-state index in [9.17, 15) is 4.79 Å². The Bertz CT molecular complexity index is 493. The van der Waals surface area contributed by atoms with Crippen molar-refractivity contribution in [1.82, 2.24) is 0 Å². The highest BCUT2D eigenvalue weighted by Gasteiger charge is 2.26. The summed E-state index contributed by atoms with van der Waals surface area (Å²) in [6.07, 6.45) is 0.0945. The summed E-state index contributed by atoms with van der Waals surface area (Å²) in [4.78, 5) is 10.8. The van der Waals surface area contributed by atoms with E-state index in [0.29, 0.717) is 17.9 Å². The molecule has 0 amide bonds. The van der Waals surface area contributed by atoms with Crippen LogP contribution in [0.25, 0.3) is 0 Å². The van der Waals surface area contributed by atoms with E-state index in [-0.39, 0.29) is 17.7 Å². The van der Waals surface area contributed by atoms with Gasteiger partial charge in [-0.05, 0) is 25.1 Å². The average molecular weight is 232 g/mol. The molecule has 0 saturated carbocycles. The fourth-order valence-electron chi connectivity index (χ4n) is 1.79. The molecule has 17 heavy (non-hydrogen) atoms. The van der Waals surface area contributed by atoms with E-state index in [1.807, 2.05) is 6.92 Å². The van der Waals surface area contributed by atoms with Crippen LogP contribution in [0.3, 0.4) is 0 Å². The zero-order chi connectivity index (χ0) is 12.4. The highest BCUT2D eigenvalue weighted by atomic mass is 16.5. The Balaban J connectivity index is 2.29. The predicted octanol–water partition coefficient (Wildman–Crippen LogP) is 1.86. The van der Waals surface area contributed by atoms with Crippen molar-refractivity contribution in [3.8, 4) is 11.8 Å². The quantitative estimate of drug-likeness (QED) is 0.813. The van der Waals surface area contributed by atoms with E-state index in [1.165, 1.54) is 12.1 Å². The van der Waals surface area contributed by atoms with E-state index in [1.54, 1.807) is 6.07 Å². The number of aromatic carboxylic acids is 1. The highest BCUT2D eigenvalue weighted by molar-refractivity contribution is 5.89. The van der Waals surface area contributed by atoms with Crippen LogP contribution in [0.4, 0.5) is 5.69 Å². The second-order valence-corrected chi connectivity index (χ2v) is 3.97. The summed E-state index contributed by atoms with van der Waals surface area (Å²) >= 11 is 0. The minimum Gasteiger partial charge on any atom is -0.485 e. The lowest BCUT2D eigenvalue weighted by molar-refractivity contribution is 0.0697. The lowest BCUT2D eigenvalue weighted by atomic mass is 10.1. The van der Waals surface area contributed by atoms with Gasteiger partial charge in [-0.15, -0.1) is 0 Å².